The summed E-state index contributed by atoms with van der Waals surface area (Å²) in [5.74, 6) is 0.320. The lowest BCUT2D eigenvalue weighted by atomic mass is 10.2. The number of hydrogen-bond acceptors (Lipinski definition) is 5. The molecule has 1 aromatic heterocycles. The first-order valence-electron chi connectivity index (χ1n) is 5.32. The van der Waals surface area contributed by atoms with Crippen LogP contribution >= 0.6 is 0 Å². The van der Waals surface area contributed by atoms with Crippen molar-refractivity contribution in [2.24, 2.45) is 0 Å². The second-order valence-corrected chi connectivity index (χ2v) is 4.49. The zero-order valence-electron chi connectivity index (χ0n) is 10.2. The Hall–Kier alpha value is -1.69. The molecule has 1 aromatic rings. The molecule has 0 aromatic carbocycles. The van der Waals surface area contributed by atoms with Gasteiger partial charge in [0.25, 0.3) is 0 Å². The molecule has 0 radical (unpaired) electrons. The number of amides is 1. The van der Waals surface area contributed by atoms with Crippen LogP contribution in [0, 0.1) is 0 Å². The van der Waals surface area contributed by atoms with Crippen molar-refractivity contribution < 1.29 is 14.6 Å². The highest BCUT2D eigenvalue weighted by Crippen LogP contribution is 2.09. The molecule has 0 aliphatic heterocycles. The van der Waals surface area contributed by atoms with Crippen LogP contribution in [0.1, 0.15) is 26.5 Å². The summed E-state index contributed by atoms with van der Waals surface area (Å²) in [7, 11) is 0. The van der Waals surface area contributed by atoms with Crippen molar-refractivity contribution in [2.45, 2.75) is 32.8 Å². The quantitative estimate of drug-likeness (QED) is 0.832. The Balaban J connectivity index is 2.54. The maximum atomic E-state index is 11.4. The van der Waals surface area contributed by atoms with Crippen molar-refractivity contribution in [1.82, 2.24) is 9.97 Å². The predicted octanol–water partition coefficient (Wildman–Crippen LogP) is 1.36. The zero-order valence-corrected chi connectivity index (χ0v) is 10.2. The maximum absolute atomic E-state index is 11.4. The SMILES string of the molecule is CC(C)(C)OC(=O)Nc1cnc(CCO)cn1. The highest BCUT2D eigenvalue weighted by Gasteiger charge is 2.16. The van der Waals surface area contributed by atoms with Gasteiger partial charge in [-0.05, 0) is 20.8 Å². The lowest BCUT2D eigenvalue weighted by Crippen LogP contribution is -2.27. The van der Waals surface area contributed by atoms with E-state index in [0.29, 0.717) is 17.9 Å². The van der Waals surface area contributed by atoms with Gasteiger partial charge in [-0.1, -0.05) is 0 Å². The second-order valence-electron chi connectivity index (χ2n) is 4.49. The molecule has 0 aliphatic carbocycles. The van der Waals surface area contributed by atoms with Crippen LogP contribution in [0.25, 0.3) is 0 Å². The number of rotatable bonds is 3. The molecular formula is C11H17N3O3. The smallest absolute Gasteiger partial charge is 0.413 e. The summed E-state index contributed by atoms with van der Waals surface area (Å²) in [6.45, 7) is 5.36. The predicted molar refractivity (Wildman–Crippen MR) is 62.7 cm³/mol. The van der Waals surface area contributed by atoms with Gasteiger partial charge < -0.3 is 9.84 Å². The van der Waals surface area contributed by atoms with Crippen LogP contribution in [-0.2, 0) is 11.2 Å². The Kier molecular flexibility index (Phi) is 4.39. The fraction of sp³-hybridized carbons (Fsp3) is 0.545. The molecule has 1 rings (SSSR count). The minimum atomic E-state index is -0.568. The number of anilines is 1. The second kappa shape index (κ2) is 5.58. The van der Waals surface area contributed by atoms with Gasteiger partial charge >= 0.3 is 6.09 Å². The summed E-state index contributed by atoms with van der Waals surface area (Å²) in [6, 6.07) is 0. The molecule has 94 valence electrons. The summed E-state index contributed by atoms with van der Waals surface area (Å²) in [4.78, 5) is 19.4. The van der Waals surface area contributed by atoms with Gasteiger partial charge in [-0.25, -0.2) is 9.78 Å². The van der Waals surface area contributed by atoms with Crippen molar-refractivity contribution in [3.8, 4) is 0 Å². The van der Waals surface area contributed by atoms with E-state index >= 15 is 0 Å². The van der Waals surface area contributed by atoms with E-state index < -0.39 is 11.7 Å². The lowest BCUT2D eigenvalue weighted by molar-refractivity contribution is 0.0635. The molecule has 6 heteroatoms. The average Bonchev–Trinajstić information content (AvgIpc) is 2.18. The average molecular weight is 239 g/mol. The molecule has 0 saturated heterocycles. The van der Waals surface area contributed by atoms with Crippen molar-refractivity contribution in [3.05, 3.63) is 18.1 Å². The maximum Gasteiger partial charge on any atom is 0.413 e. The largest absolute Gasteiger partial charge is 0.444 e. The summed E-state index contributed by atoms with van der Waals surface area (Å²) >= 11 is 0. The standard InChI is InChI=1S/C11H17N3O3/c1-11(2,3)17-10(16)14-9-7-12-8(4-5-15)6-13-9/h6-7,15H,4-5H2,1-3H3,(H,13,14,16). The van der Waals surface area contributed by atoms with E-state index in [1.54, 1.807) is 20.8 Å². The number of carbonyl (C=O) groups is 1. The van der Waals surface area contributed by atoms with Gasteiger partial charge in [-0.2, -0.15) is 0 Å². The molecule has 17 heavy (non-hydrogen) atoms. The molecular weight excluding hydrogens is 222 g/mol. The molecule has 0 spiro atoms. The molecule has 0 saturated carbocycles. The molecule has 0 unspecified atom stereocenters. The van der Waals surface area contributed by atoms with Crippen molar-refractivity contribution in [3.63, 3.8) is 0 Å². The number of nitrogens with one attached hydrogen (secondary N) is 1. The van der Waals surface area contributed by atoms with Crippen LogP contribution in [0.4, 0.5) is 10.6 Å². The first kappa shape index (κ1) is 13.4. The Morgan fingerprint density at radius 3 is 2.59 bits per heavy atom. The van der Waals surface area contributed by atoms with Crippen LogP contribution in [-0.4, -0.2) is 33.4 Å². The van der Waals surface area contributed by atoms with E-state index in [0.717, 1.165) is 0 Å². The molecule has 0 aliphatic rings. The van der Waals surface area contributed by atoms with Crippen LogP contribution in [0.5, 0.6) is 0 Å². The van der Waals surface area contributed by atoms with Crippen molar-refractivity contribution >= 4 is 11.9 Å². The fourth-order valence-corrected chi connectivity index (χ4v) is 1.07. The lowest BCUT2D eigenvalue weighted by Gasteiger charge is -2.19. The first-order chi connectivity index (χ1) is 7.90. The van der Waals surface area contributed by atoms with E-state index in [-0.39, 0.29) is 6.61 Å². The van der Waals surface area contributed by atoms with Crippen LogP contribution in [0.3, 0.4) is 0 Å². The van der Waals surface area contributed by atoms with Crippen LogP contribution in [0.2, 0.25) is 0 Å². The summed E-state index contributed by atoms with van der Waals surface area (Å²) in [5.41, 5.74) is 0.121. The Bertz CT molecular complexity index is 371. The zero-order chi connectivity index (χ0) is 12.9. The van der Waals surface area contributed by atoms with E-state index in [1.807, 2.05) is 0 Å². The van der Waals surface area contributed by atoms with Crippen LogP contribution < -0.4 is 5.32 Å². The molecule has 0 atom stereocenters. The first-order valence-corrected chi connectivity index (χ1v) is 5.32. The third kappa shape index (κ3) is 5.26. The Labute approximate surface area is 100 Å². The summed E-state index contributed by atoms with van der Waals surface area (Å²) in [5, 5.41) is 11.2. The van der Waals surface area contributed by atoms with Gasteiger partial charge in [0.2, 0.25) is 0 Å². The highest BCUT2D eigenvalue weighted by molar-refractivity contribution is 5.83. The topological polar surface area (TPSA) is 84.3 Å². The minimum Gasteiger partial charge on any atom is -0.444 e. The molecule has 1 amide bonds. The number of hydrogen-bond donors (Lipinski definition) is 2. The van der Waals surface area contributed by atoms with E-state index in [1.165, 1.54) is 12.4 Å². The Morgan fingerprint density at radius 1 is 1.41 bits per heavy atom. The molecule has 1 heterocycles. The molecule has 2 N–H and O–H groups in total. The van der Waals surface area contributed by atoms with Gasteiger partial charge in [0.15, 0.2) is 5.82 Å². The molecule has 0 fully saturated rings. The number of aliphatic hydroxyl groups excluding tert-OH is 1. The van der Waals surface area contributed by atoms with Crippen LogP contribution in [0.15, 0.2) is 12.4 Å². The molecule has 0 bridgehead atoms. The highest BCUT2D eigenvalue weighted by atomic mass is 16.6. The Morgan fingerprint density at radius 2 is 2.12 bits per heavy atom. The summed E-state index contributed by atoms with van der Waals surface area (Å²) < 4.78 is 5.06. The van der Waals surface area contributed by atoms with Gasteiger partial charge in [-0.3, -0.25) is 10.3 Å². The van der Waals surface area contributed by atoms with Gasteiger partial charge in [0, 0.05) is 13.0 Å². The van der Waals surface area contributed by atoms with E-state index in [4.69, 9.17) is 9.84 Å². The third-order valence-corrected chi connectivity index (χ3v) is 1.70. The monoisotopic (exact) mass is 239 g/mol. The number of aromatic nitrogens is 2. The van der Waals surface area contributed by atoms with Gasteiger partial charge in [0.1, 0.15) is 5.60 Å². The molecule has 6 nitrogen and oxygen atoms in total. The van der Waals surface area contributed by atoms with Crippen molar-refractivity contribution in [1.29, 1.82) is 0 Å². The number of nitrogens with zero attached hydrogens (tertiary/aromatic N) is 2. The number of aliphatic hydroxyl groups is 1. The fourth-order valence-electron chi connectivity index (χ4n) is 1.07. The third-order valence-electron chi connectivity index (χ3n) is 1.70. The number of carbonyl (C=O) groups excluding carboxylic acids is 1. The van der Waals surface area contributed by atoms with Gasteiger partial charge in [-0.15, -0.1) is 0 Å². The van der Waals surface area contributed by atoms with Gasteiger partial charge in [0.05, 0.1) is 18.1 Å². The summed E-state index contributed by atoms with van der Waals surface area (Å²) in [6.07, 6.45) is 2.80. The number of ether oxygens (including phenoxy) is 1. The normalized spacial score (nSPS) is 11.1. The minimum absolute atomic E-state index is 0.0214. The van der Waals surface area contributed by atoms with E-state index in [2.05, 4.69) is 15.3 Å². The van der Waals surface area contributed by atoms with Crippen molar-refractivity contribution in [2.75, 3.05) is 11.9 Å². The van der Waals surface area contributed by atoms with E-state index in [9.17, 15) is 4.79 Å².